The molecule has 248 valence electrons. The highest BCUT2D eigenvalue weighted by atomic mass is 19.4. The molecular formula is C14H4F26O. The minimum Gasteiger partial charge on any atom is -0.288 e. The monoisotopic (exact) mass is 682 g/mol. The molecule has 0 bridgehead atoms. The Bertz CT molecular complexity index is 829. The van der Waals surface area contributed by atoms with Crippen LogP contribution in [0.25, 0.3) is 0 Å². The molecule has 0 saturated heterocycles. The van der Waals surface area contributed by atoms with Crippen LogP contribution in [-0.2, 0) is 4.74 Å². The number of ether oxygens (including phenoxy) is 1. The molecule has 1 nitrogen and oxygen atoms in total. The van der Waals surface area contributed by atoms with Crippen molar-refractivity contribution in [3.63, 3.8) is 0 Å². The Hall–Kier alpha value is -1.86. The zero-order valence-corrected chi connectivity index (χ0v) is 17.5. The van der Waals surface area contributed by atoms with Crippen molar-refractivity contribution in [1.82, 2.24) is 0 Å². The number of hydrogen-bond donors (Lipinski definition) is 0. The first-order chi connectivity index (χ1) is 17.4. The van der Waals surface area contributed by atoms with Gasteiger partial charge in [-0.2, -0.15) is 87.8 Å². The minimum absolute atomic E-state index is 0.950. The third-order valence-corrected chi connectivity index (χ3v) is 4.54. The van der Waals surface area contributed by atoms with Gasteiger partial charge in [-0.1, -0.05) is 0 Å². The van der Waals surface area contributed by atoms with E-state index in [4.69, 9.17) is 0 Å². The highest BCUT2D eigenvalue weighted by Crippen LogP contribution is 2.64. The molecule has 0 heterocycles. The van der Waals surface area contributed by atoms with Crippen LogP contribution >= 0.6 is 0 Å². The molecule has 0 aliphatic heterocycles. The second-order valence-electron chi connectivity index (χ2n) is 7.34. The van der Waals surface area contributed by atoms with Crippen LogP contribution in [-0.4, -0.2) is 84.8 Å². The molecule has 0 N–H and O–H groups in total. The van der Waals surface area contributed by atoms with Crippen molar-refractivity contribution < 1.29 is 119 Å². The van der Waals surface area contributed by atoms with Gasteiger partial charge in [0, 0.05) is 0 Å². The first-order valence-electron chi connectivity index (χ1n) is 8.73. The highest BCUT2D eigenvalue weighted by molar-refractivity contribution is 5.15. The fourth-order valence-corrected chi connectivity index (χ4v) is 2.32. The van der Waals surface area contributed by atoms with Gasteiger partial charge in [-0.25, -0.2) is 26.3 Å². The van der Waals surface area contributed by atoms with Crippen LogP contribution in [0.4, 0.5) is 114 Å². The third-order valence-electron chi connectivity index (χ3n) is 4.54. The number of alkyl halides is 26. The van der Waals surface area contributed by atoms with E-state index >= 15 is 0 Å². The molecule has 41 heavy (non-hydrogen) atoms. The Morgan fingerprint density at radius 1 is 0.317 bits per heavy atom. The summed E-state index contributed by atoms with van der Waals surface area (Å²) in [4.78, 5) is 0. The molecule has 0 aromatic heterocycles. The van der Waals surface area contributed by atoms with Crippen LogP contribution in [0.15, 0.2) is 0 Å². The van der Waals surface area contributed by atoms with E-state index in [1.807, 2.05) is 0 Å². The van der Waals surface area contributed by atoms with Crippen molar-refractivity contribution in [2.75, 3.05) is 0 Å². The Balaban J connectivity index is 8.30. The Morgan fingerprint density at radius 3 is 0.659 bits per heavy atom. The van der Waals surface area contributed by atoms with Gasteiger partial charge < -0.3 is 0 Å². The largest absolute Gasteiger partial charge is 0.425 e. The van der Waals surface area contributed by atoms with Crippen LogP contribution in [0.3, 0.4) is 0 Å². The van der Waals surface area contributed by atoms with Gasteiger partial charge in [0.05, 0.1) is 0 Å². The number of hydrogen-bond acceptors (Lipinski definition) is 1. The van der Waals surface area contributed by atoms with Crippen molar-refractivity contribution in [1.29, 1.82) is 0 Å². The van der Waals surface area contributed by atoms with E-state index in [1.165, 1.54) is 0 Å². The fourth-order valence-electron chi connectivity index (χ4n) is 2.32. The normalized spacial score (nSPS) is 20.2. The highest BCUT2D eigenvalue weighted by Gasteiger charge is 2.93. The SMILES string of the molecule is FC(F)C(F)(F)C(F)(F)C(F)(OC(F)(C(F)(F)C(F)C(F)(F)F)C(F)(F)C(F)(F)C(F)F)C(F)(F)C(F)C(F)(F)F. The van der Waals surface area contributed by atoms with E-state index in [0.717, 1.165) is 4.74 Å². The molecule has 0 amide bonds. The van der Waals surface area contributed by atoms with Crippen LogP contribution in [0.5, 0.6) is 0 Å². The minimum atomic E-state index is -9.39. The average molecular weight is 682 g/mol. The van der Waals surface area contributed by atoms with Crippen molar-refractivity contribution in [3.8, 4) is 0 Å². The second-order valence-corrected chi connectivity index (χ2v) is 7.34. The zero-order chi connectivity index (χ0) is 34.0. The Kier molecular flexibility index (Phi) is 9.92. The topological polar surface area (TPSA) is 9.23 Å². The molecule has 4 atom stereocenters. The fraction of sp³-hybridized carbons (Fsp3) is 1.00. The van der Waals surface area contributed by atoms with Crippen LogP contribution in [0.1, 0.15) is 0 Å². The van der Waals surface area contributed by atoms with E-state index in [1.54, 1.807) is 0 Å². The van der Waals surface area contributed by atoms with Crippen molar-refractivity contribution in [2.24, 2.45) is 0 Å². The third kappa shape index (κ3) is 5.62. The summed E-state index contributed by atoms with van der Waals surface area (Å²) in [6.07, 6.45) is -43.0. The van der Waals surface area contributed by atoms with Gasteiger partial charge >= 0.3 is 72.4 Å². The summed E-state index contributed by atoms with van der Waals surface area (Å²) in [6.45, 7) is 0. The van der Waals surface area contributed by atoms with Gasteiger partial charge in [0.25, 0.3) is 12.3 Å². The molecule has 0 saturated carbocycles. The molecule has 0 spiro atoms. The summed E-state index contributed by atoms with van der Waals surface area (Å²) in [6, 6.07) is 0. The van der Waals surface area contributed by atoms with Crippen molar-refractivity contribution in [2.45, 2.75) is 84.8 Å². The van der Waals surface area contributed by atoms with E-state index in [9.17, 15) is 114 Å². The van der Waals surface area contributed by atoms with E-state index in [-0.39, 0.29) is 0 Å². The average Bonchev–Trinajstić information content (AvgIpc) is 2.75. The van der Waals surface area contributed by atoms with Gasteiger partial charge in [0.1, 0.15) is 0 Å². The molecule has 27 heteroatoms. The maximum absolute atomic E-state index is 14.7. The van der Waals surface area contributed by atoms with Crippen LogP contribution in [0, 0.1) is 0 Å². The molecule has 0 aliphatic carbocycles. The number of halogens is 26. The van der Waals surface area contributed by atoms with Gasteiger partial charge in [-0.15, -0.1) is 0 Å². The summed E-state index contributed by atoms with van der Waals surface area (Å²) in [5.41, 5.74) is 0. The molecule has 0 fully saturated rings. The quantitative estimate of drug-likeness (QED) is 0.188. The summed E-state index contributed by atoms with van der Waals surface area (Å²) in [5.74, 6) is -71.5. The predicted octanol–water partition coefficient (Wildman–Crippen LogP) is 8.48. The zero-order valence-electron chi connectivity index (χ0n) is 17.5. The number of rotatable bonds is 12. The Labute approximate surface area is 205 Å². The van der Waals surface area contributed by atoms with E-state index in [2.05, 4.69) is 0 Å². The Morgan fingerprint density at radius 2 is 0.512 bits per heavy atom. The molecule has 0 aromatic carbocycles. The second kappa shape index (κ2) is 10.4. The summed E-state index contributed by atoms with van der Waals surface area (Å²) >= 11 is 0. The summed E-state index contributed by atoms with van der Waals surface area (Å²) in [7, 11) is 0. The predicted molar refractivity (Wildman–Crippen MR) is 72.4 cm³/mol. The molecular weight excluding hydrogens is 678 g/mol. The van der Waals surface area contributed by atoms with Crippen molar-refractivity contribution in [3.05, 3.63) is 0 Å². The maximum atomic E-state index is 14.7. The van der Waals surface area contributed by atoms with Gasteiger partial charge in [0.2, 0.25) is 0 Å². The molecule has 0 aromatic rings. The molecule has 0 radical (unpaired) electrons. The molecule has 0 rings (SSSR count). The lowest BCUT2D eigenvalue weighted by Gasteiger charge is -2.49. The smallest absolute Gasteiger partial charge is 0.288 e. The van der Waals surface area contributed by atoms with Gasteiger partial charge in [-0.05, 0) is 0 Å². The first kappa shape index (κ1) is 39.1. The van der Waals surface area contributed by atoms with Crippen LogP contribution < -0.4 is 0 Å². The lowest BCUT2D eigenvalue weighted by Crippen LogP contribution is -2.78. The van der Waals surface area contributed by atoms with E-state index < -0.39 is 84.8 Å². The summed E-state index contributed by atoms with van der Waals surface area (Å²) in [5, 5.41) is 0. The summed E-state index contributed by atoms with van der Waals surface area (Å²) < 4.78 is 344. The first-order valence-corrected chi connectivity index (χ1v) is 8.73. The molecule has 4 unspecified atom stereocenters. The molecule has 0 aliphatic rings. The van der Waals surface area contributed by atoms with E-state index in [0.29, 0.717) is 0 Å². The lowest BCUT2D eigenvalue weighted by molar-refractivity contribution is -0.520. The van der Waals surface area contributed by atoms with Crippen molar-refractivity contribution >= 4 is 0 Å². The van der Waals surface area contributed by atoms with Gasteiger partial charge in [-0.3, -0.25) is 4.74 Å². The maximum Gasteiger partial charge on any atom is 0.425 e. The lowest BCUT2D eigenvalue weighted by atomic mass is 9.89. The van der Waals surface area contributed by atoms with Gasteiger partial charge in [0.15, 0.2) is 0 Å². The van der Waals surface area contributed by atoms with Crippen LogP contribution in [0.2, 0.25) is 0 Å². The standard InChI is InChI=1S/C14H4F26O/c15-1(9(29,30)31)5(21,22)13(39,11(35,36)7(25,26)3(17)18)41-14(40,6(23,24)2(16)10(32,33)34)12(37,38)8(27,28)4(19)20/h1-4H.